The summed E-state index contributed by atoms with van der Waals surface area (Å²) in [6, 6.07) is 16.1. The Balaban J connectivity index is 1.54. The molecule has 2 aromatic carbocycles. The summed E-state index contributed by atoms with van der Waals surface area (Å²) in [4.78, 5) is 17.1. The number of aryl methyl sites for hydroxylation is 1. The zero-order chi connectivity index (χ0) is 20.4. The lowest BCUT2D eigenvalue weighted by molar-refractivity contribution is -0.118. The third-order valence-corrected chi connectivity index (χ3v) is 5.64. The van der Waals surface area contributed by atoms with Gasteiger partial charge in [-0.15, -0.1) is 10.2 Å². The molecule has 29 heavy (non-hydrogen) atoms. The van der Waals surface area contributed by atoms with Gasteiger partial charge in [-0.3, -0.25) is 9.20 Å². The second-order valence-electron chi connectivity index (χ2n) is 7.33. The van der Waals surface area contributed by atoms with Crippen LogP contribution in [0.3, 0.4) is 0 Å². The summed E-state index contributed by atoms with van der Waals surface area (Å²) in [6.07, 6.45) is 0. The number of rotatable bonds is 6. The Morgan fingerprint density at radius 2 is 1.86 bits per heavy atom. The fourth-order valence-corrected chi connectivity index (χ4v) is 3.94. The van der Waals surface area contributed by atoms with Crippen LogP contribution in [0.15, 0.2) is 53.6 Å². The minimum absolute atomic E-state index is 0.0349. The molecule has 148 valence electrons. The average molecular weight is 406 g/mol. The molecule has 0 aliphatic heterocycles. The number of benzene rings is 2. The molecule has 0 saturated carbocycles. The highest BCUT2D eigenvalue weighted by Gasteiger charge is 2.17. The molecule has 0 aliphatic rings. The number of thioether (sulfide) groups is 1. The minimum Gasteiger partial charge on any atom is -0.351 e. The van der Waals surface area contributed by atoms with Crippen LogP contribution >= 0.6 is 11.8 Å². The highest BCUT2D eigenvalue weighted by atomic mass is 32.2. The van der Waals surface area contributed by atoms with Gasteiger partial charge >= 0.3 is 0 Å². The van der Waals surface area contributed by atoms with E-state index in [9.17, 15) is 4.79 Å². The predicted octanol–water partition coefficient (Wildman–Crippen LogP) is 4.12. The molecule has 2 aromatic heterocycles. The molecule has 2 heterocycles. The van der Waals surface area contributed by atoms with Crippen LogP contribution in [-0.4, -0.2) is 31.2 Å². The zero-order valence-electron chi connectivity index (χ0n) is 16.7. The largest absolute Gasteiger partial charge is 0.351 e. The molecule has 1 amide bonds. The minimum atomic E-state index is -0.0349. The van der Waals surface area contributed by atoms with E-state index in [-0.39, 0.29) is 17.6 Å². The van der Waals surface area contributed by atoms with E-state index in [1.165, 1.54) is 17.3 Å². The quantitative estimate of drug-likeness (QED) is 0.489. The average Bonchev–Trinajstić information content (AvgIpc) is 3.17. The van der Waals surface area contributed by atoms with Crippen LogP contribution in [0.2, 0.25) is 0 Å². The van der Waals surface area contributed by atoms with Gasteiger partial charge in [-0.1, -0.05) is 67.6 Å². The third kappa shape index (κ3) is 4.10. The van der Waals surface area contributed by atoms with Crippen LogP contribution < -0.4 is 5.32 Å². The van der Waals surface area contributed by atoms with E-state index in [2.05, 4.69) is 33.8 Å². The van der Waals surface area contributed by atoms with E-state index >= 15 is 0 Å². The molecular weight excluding hydrogens is 382 g/mol. The molecule has 0 radical (unpaired) electrons. The topological polar surface area (TPSA) is 72.2 Å². The van der Waals surface area contributed by atoms with Crippen molar-refractivity contribution in [1.82, 2.24) is 24.9 Å². The maximum absolute atomic E-state index is 12.4. The molecule has 4 rings (SSSR count). The number of amides is 1. The van der Waals surface area contributed by atoms with Crippen molar-refractivity contribution >= 4 is 34.3 Å². The molecule has 4 aromatic rings. The lowest BCUT2D eigenvalue weighted by atomic mass is 10.1. The summed E-state index contributed by atoms with van der Waals surface area (Å²) in [7, 11) is 0. The van der Waals surface area contributed by atoms with Gasteiger partial charge in [0.2, 0.25) is 5.91 Å². The standard InChI is InChI=1S/C22H23N5OS/c1-14(2)20-25-26-21-22(24-17-6-4-5-7-18(17)27(20)21)29-13-19(28)23-12-16-10-8-15(3)9-11-16/h4-11,14H,12-13H2,1-3H3,(H,23,28). The van der Waals surface area contributed by atoms with E-state index in [1.54, 1.807) is 0 Å². The fraction of sp³-hybridized carbons (Fsp3) is 0.273. The molecule has 0 saturated heterocycles. The van der Waals surface area contributed by atoms with Crippen molar-refractivity contribution in [3.8, 4) is 0 Å². The zero-order valence-corrected chi connectivity index (χ0v) is 17.5. The molecular formula is C22H23N5OS. The van der Waals surface area contributed by atoms with Gasteiger partial charge in [0.15, 0.2) is 5.65 Å². The van der Waals surface area contributed by atoms with Crippen LogP contribution in [0.1, 0.15) is 36.7 Å². The lowest BCUT2D eigenvalue weighted by Crippen LogP contribution is -2.24. The van der Waals surface area contributed by atoms with E-state index in [0.29, 0.717) is 17.2 Å². The van der Waals surface area contributed by atoms with Gasteiger partial charge in [-0.2, -0.15) is 0 Å². The van der Waals surface area contributed by atoms with Crippen molar-refractivity contribution in [3.63, 3.8) is 0 Å². The third-order valence-electron chi connectivity index (χ3n) is 4.69. The molecule has 7 heteroatoms. The summed E-state index contributed by atoms with van der Waals surface area (Å²) in [5.74, 6) is 1.36. The van der Waals surface area contributed by atoms with Crippen LogP contribution in [0.4, 0.5) is 0 Å². The Hall–Kier alpha value is -2.93. The van der Waals surface area contributed by atoms with E-state index in [1.807, 2.05) is 55.5 Å². The molecule has 0 fully saturated rings. The predicted molar refractivity (Wildman–Crippen MR) is 116 cm³/mol. The molecule has 0 atom stereocenters. The van der Waals surface area contributed by atoms with Crippen LogP contribution in [0.5, 0.6) is 0 Å². The second-order valence-corrected chi connectivity index (χ2v) is 8.29. The number of aromatic nitrogens is 4. The monoisotopic (exact) mass is 405 g/mol. The summed E-state index contributed by atoms with van der Waals surface area (Å²) in [5.41, 5.74) is 4.83. The number of nitrogens with zero attached hydrogens (tertiary/aromatic N) is 4. The Labute approximate surface area is 173 Å². The van der Waals surface area contributed by atoms with Crippen molar-refractivity contribution in [2.24, 2.45) is 0 Å². The molecule has 0 bridgehead atoms. The Bertz CT molecular complexity index is 1170. The molecule has 1 N–H and O–H groups in total. The fourth-order valence-electron chi connectivity index (χ4n) is 3.14. The number of fused-ring (bicyclic) bond motifs is 3. The Morgan fingerprint density at radius 1 is 1.10 bits per heavy atom. The summed E-state index contributed by atoms with van der Waals surface area (Å²) < 4.78 is 2.06. The SMILES string of the molecule is Cc1ccc(CNC(=O)CSc2nc3ccccc3n3c(C(C)C)nnc23)cc1. The Morgan fingerprint density at radius 3 is 2.62 bits per heavy atom. The van der Waals surface area contributed by atoms with Gasteiger partial charge in [0.25, 0.3) is 0 Å². The summed E-state index contributed by atoms with van der Waals surface area (Å²) in [6.45, 7) is 6.75. The first-order valence-corrected chi connectivity index (χ1v) is 10.6. The number of carbonyl (C=O) groups excluding carboxylic acids is 1. The van der Waals surface area contributed by atoms with Gasteiger partial charge in [-0.05, 0) is 24.6 Å². The summed E-state index contributed by atoms with van der Waals surface area (Å²) >= 11 is 1.39. The van der Waals surface area contributed by atoms with Crippen molar-refractivity contribution < 1.29 is 4.79 Å². The van der Waals surface area contributed by atoms with E-state index in [0.717, 1.165) is 22.4 Å². The lowest BCUT2D eigenvalue weighted by Gasteiger charge is -2.10. The number of nitrogens with one attached hydrogen (secondary N) is 1. The Kier molecular flexibility index (Phi) is 5.49. The van der Waals surface area contributed by atoms with Gasteiger partial charge in [-0.25, -0.2) is 4.98 Å². The number of para-hydroxylation sites is 2. The van der Waals surface area contributed by atoms with E-state index in [4.69, 9.17) is 4.98 Å². The first-order chi connectivity index (χ1) is 14.0. The van der Waals surface area contributed by atoms with Crippen molar-refractivity contribution in [3.05, 3.63) is 65.5 Å². The normalized spacial score (nSPS) is 11.4. The highest BCUT2D eigenvalue weighted by Crippen LogP contribution is 2.27. The van der Waals surface area contributed by atoms with Gasteiger partial charge in [0, 0.05) is 12.5 Å². The smallest absolute Gasteiger partial charge is 0.230 e. The molecule has 0 aliphatic carbocycles. The maximum Gasteiger partial charge on any atom is 0.230 e. The number of hydrogen-bond donors (Lipinski definition) is 1. The van der Waals surface area contributed by atoms with Crippen molar-refractivity contribution in [2.75, 3.05) is 5.75 Å². The van der Waals surface area contributed by atoms with Gasteiger partial charge in [0.1, 0.15) is 10.9 Å². The molecule has 6 nitrogen and oxygen atoms in total. The van der Waals surface area contributed by atoms with Crippen LogP contribution in [0, 0.1) is 6.92 Å². The second kappa shape index (κ2) is 8.21. The van der Waals surface area contributed by atoms with Crippen molar-refractivity contribution in [1.29, 1.82) is 0 Å². The molecule has 0 spiro atoms. The van der Waals surface area contributed by atoms with Gasteiger partial charge in [0.05, 0.1) is 16.8 Å². The van der Waals surface area contributed by atoms with E-state index < -0.39 is 0 Å². The molecule has 0 unspecified atom stereocenters. The maximum atomic E-state index is 12.4. The first kappa shape index (κ1) is 19.4. The first-order valence-electron chi connectivity index (χ1n) is 9.61. The van der Waals surface area contributed by atoms with Gasteiger partial charge < -0.3 is 5.32 Å². The van der Waals surface area contributed by atoms with Crippen LogP contribution in [0.25, 0.3) is 16.7 Å². The summed E-state index contributed by atoms with van der Waals surface area (Å²) in [5, 5.41) is 12.4. The van der Waals surface area contributed by atoms with Crippen LogP contribution in [-0.2, 0) is 11.3 Å². The van der Waals surface area contributed by atoms with Crippen molar-refractivity contribution in [2.45, 2.75) is 38.3 Å². The number of hydrogen-bond acceptors (Lipinski definition) is 5. The number of carbonyl (C=O) groups is 1. The highest BCUT2D eigenvalue weighted by molar-refractivity contribution is 8.00.